The van der Waals surface area contributed by atoms with E-state index >= 15 is 0 Å². The molecule has 1 saturated carbocycles. The van der Waals surface area contributed by atoms with Gasteiger partial charge >= 0.3 is 0 Å². The van der Waals surface area contributed by atoms with E-state index in [-0.39, 0.29) is 5.82 Å². The highest BCUT2D eigenvalue weighted by molar-refractivity contribution is 5.18. The molecular formula is C12H16FN. The minimum Gasteiger partial charge on any atom is -0.261 e. The Bertz CT molecular complexity index is 311. The van der Waals surface area contributed by atoms with E-state index in [2.05, 4.69) is 11.9 Å². The van der Waals surface area contributed by atoms with Crippen molar-refractivity contribution in [1.29, 1.82) is 0 Å². The molecule has 1 aliphatic rings. The molecule has 1 aromatic heterocycles. The second-order valence-corrected chi connectivity index (χ2v) is 4.14. The molecular weight excluding hydrogens is 177 g/mol. The second-order valence-electron chi connectivity index (χ2n) is 4.14. The first-order valence-corrected chi connectivity index (χ1v) is 5.41. The molecule has 2 unspecified atom stereocenters. The molecule has 1 aromatic rings. The van der Waals surface area contributed by atoms with Crippen LogP contribution in [0.1, 0.15) is 44.1 Å². The van der Waals surface area contributed by atoms with Crippen LogP contribution in [-0.4, -0.2) is 4.98 Å². The fourth-order valence-electron chi connectivity index (χ4n) is 2.60. The average Bonchev–Trinajstić information content (AvgIpc) is 2.65. The maximum absolute atomic E-state index is 13.0. The fourth-order valence-corrected chi connectivity index (χ4v) is 2.60. The molecule has 0 saturated heterocycles. The summed E-state index contributed by atoms with van der Waals surface area (Å²) in [6, 6.07) is 1.64. The third-order valence-electron chi connectivity index (χ3n) is 3.34. The molecule has 0 bridgehead atoms. The standard InChI is InChI=1S/C12H16FN/c1-2-9-4-3-5-12(9)10-6-11(13)8-14-7-10/h6-9,12H,2-5H2,1H3. The van der Waals surface area contributed by atoms with Crippen molar-refractivity contribution in [2.24, 2.45) is 5.92 Å². The molecule has 0 spiro atoms. The van der Waals surface area contributed by atoms with Gasteiger partial charge in [-0.2, -0.15) is 0 Å². The molecule has 1 aliphatic carbocycles. The van der Waals surface area contributed by atoms with Gasteiger partial charge in [0, 0.05) is 6.20 Å². The van der Waals surface area contributed by atoms with Gasteiger partial charge in [0.1, 0.15) is 5.82 Å². The Hall–Kier alpha value is -0.920. The zero-order valence-electron chi connectivity index (χ0n) is 8.54. The minimum absolute atomic E-state index is 0.204. The van der Waals surface area contributed by atoms with Gasteiger partial charge < -0.3 is 0 Å². The summed E-state index contributed by atoms with van der Waals surface area (Å²) in [5.41, 5.74) is 1.09. The van der Waals surface area contributed by atoms with Crippen LogP contribution >= 0.6 is 0 Å². The summed E-state index contributed by atoms with van der Waals surface area (Å²) in [6.45, 7) is 2.22. The van der Waals surface area contributed by atoms with E-state index in [9.17, 15) is 4.39 Å². The molecule has 14 heavy (non-hydrogen) atoms. The first-order chi connectivity index (χ1) is 6.81. The third kappa shape index (κ3) is 1.79. The highest BCUT2D eigenvalue weighted by Crippen LogP contribution is 2.40. The van der Waals surface area contributed by atoms with Crippen molar-refractivity contribution in [2.45, 2.75) is 38.5 Å². The van der Waals surface area contributed by atoms with Crippen LogP contribution in [0.15, 0.2) is 18.5 Å². The Kier molecular flexibility index (Phi) is 2.80. The van der Waals surface area contributed by atoms with E-state index in [1.165, 1.54) is 31.9 Å². The monoisotopic (exact) mass is 193 g/mol. The van der Waals surface area contributed by atoms with Crippen LogP contribution in [0.4, 0.5) is 4.39 Å². The first kappa shape index (κ1) is 9.63. The van der Waals surface area contributed by atoms with Crippen LogP contribution in [-0.2, 0) is 0 Å². The van der Waals surface area contributed by atoms with Crippen LogP contribution in [0, 0.1) is 11.7 Å². The summed E-state index contributed by atoms with van der Waals surface area (Å²) >= 11 is 0. The number of halogens is 1. The zero-order chi connectivity index (χ0) is 9.97. The predicted octanol–water partition coefficient (Wildman–Crippen LogP) is 3.51. The van der Waals surface area contributed by atoms with E-state index in [0.717, 1.165) is 11.5 Å². The van der Waals surface area contributed by atoms with Crippen molar-refractivity contribution < 1.29 is 4.39 Å². The second kappa shape index (κ2) is 4.07. The van der Waals surface area contributed by atoms with Crippen molar-refractivity contribution >= 4 is 0 Å². The number of hydrogen-bond donors (Lipinski definition) is 0. The number of nitrogens with zero attached hydrogens (tertiary/aromatic N) is 1. The lowest BCUT2D eigenvalue weighted by Gasteiger charge is -2.17. The van der Waals surface area contributed by atoms with Gasteiger partial charge in [-0.3, -0.25) is 4.98 Å². The normalized spacial score (nSPS) is 26.7. The van der Waals surface area contributed by atoms with Crippen molar-refractivity contribution in [1.82, 2.24) is 4.98 Å². The molecule has 0 aromatic carbocycles. The van der Waals surface area contributed by atoms with E-state index in [1.54, 1.807) is 6.07 Å². The van der Waals surface area contributed by atoms with Gasteiger partial charge in [0.05, 0.1) is 6.20 Å². The molecule has 2 atom stereocenters. The van der Waals surface area contributed by atoms with E-state index in [4.69, 9.17) is 0 Å². The van der Waals surface area contributed by atoms with Crippen LogP contribution in [0.5, 0.6) is 0 Å². The molecule has 0 N–H and O–H groups in total. The molecule has 0 amide bonds. The Balaban J connectivity index is 2.21. The molecule has 1 nitrogen and oxygen atoms in total. The summed E-state index contributed by atoms with van der Waals surface area (Å²) in [5, 5.41) is 0. The van der Waals surface area contributed by atoms with Crippen LogP contribution in [0.25, 0.3) is 0 Å². The Morgan fingerprint density at radius 1 is 1.43 bits per heavy atom. The third-order valence-corrected chi connectivity index (χ3v) is 3.34. The van der Waals surface area contributed by atoms with Crippen molar-refractivity contribution in [3.05, 3.63) is 29.8 Å². The van der Waals surface area contributed by atoms with Crippen LogP contribution < -0.4 is 0 Å². The lowest BCUT2D eigenvalue weighted by molar-refractivity contribution is 0.466. The summed E-state index contributed by atoms with van der Waals surface area (Å²) in [4.78, 5) is 3.92. The van der Waals surface area contributed by atoms with Gasteiger partial charge in [0.15, 0.2) is 0 Å². The van der Waals surface area contributed by atoms with Crippen molar-refractivity contribution in [3.8, 4) is 0 Å². The van der Waals surface area contributed by atoms with Gasteiger partial charge in [-0.1, -0.05) is 19.8 Å². The molecule has 76 valence electrons. The zero-order valence-corrected chi connectivity index (χ0v) is 8.54. The summed E-state index contributed by atoms with van der Waals surface area (Å²) in [6.07, 6.45) is 8.06. The van der Waals surface area contributed by atoms with E-state index in [0.29, 0.717) is 5.92 Å². The first-order valence-electron chi connectivity index (χ1n) is 5.41. The highest BCUT2D eigenvalue weighted by Gasteiger charge is 2.27. The molecule has 0 aliphatic heterocycles. The minimum atomic E-state index is -0.204. The van der Waals surface area contributed by atoms with E-state index < -0.39 is 0 Å². The Labute approximate surface area is 84.4 Å². The van der Waals surface area contributed by atoms with Crippen molar-refractivity contribution in [3.63, 3.8) is 0 Å². The fraction of sp³-hybridized carbons (Fsp3) is 0.583. The summed E-state index contributed by atoms with van der Waals surface area (Å²) in [5.74, 6) is 1.08. The molecule has 2 rings (SSSR count). The average molecular weight is 193 g/mol. The molecule has 1 fully saturated rings. The number of pyridine rings is 1. The van der Waals surface area contributed by atoms with Gasteiger partial charge in [-0.15, -0.1) is 0 Å². The topological polar surface area (TPSA) is 12.9 Å². The molecule has 0 radical (unpaired) electrons. The number of aromatic nitrogens is 1. The molecule has 1 heterocycles. The maximum Gasteiger partial charge on any atom is 0.141 e. The van der Waals surface area contributed by atoms with Gasteiger partial charge in [0.25, 0.3) is 0 Å². The summed E-state index contributed by atoms with van der Waals surface area (Å²) in [7, 11) is 0. The summed E-state index contributed by atoms with van der Waals surface area (Å²) < 4.78 is 13.0. The lowest BCUT2D eigenvalue weighted by atomic mass is 9.88. The van der Waals surface area contributed by atoms with Crippen LogP contribution in [0.3, 0.4) is 0 Å². The Morgan fingerprint density at radius 2 is 2.29 bits per heavy atom. The quantitative estimate of drug-likeness (QED) is 0.700. The maximum atomic E-state index is 13.0. The van der Waals surface area contributed by atoms with Gasteiger partial charge in [-0.05, 0) is 36.3 Å². The van der Waals surface area contributed by atoms with Crippen molar-refractivity contribution in [2.75, 3.05) is 0 Å². The predicted molar refractivity (Wildman–Crippen MR) is 54.6 cm³/mol. The van der Waals surface area contributed by atoms with Gasteiger partial charge in [-0.25, -0.2) is 4.39 Å². The number of hydrogen-bond acceptors (Lipinski definition) is 1. The largest absolute Gasteiger partial charge is 0.261 e. The van der Waals surface area contributed by atoms with Crippen LogP contribution in [0.2, 0.25) is 0 Å². The lowest BCUT2D eigenvalue weighted by Crippen LogP contribution is -2.05. The van der Waals surface area contributed by atoms with E-state index in [1.807, 2.05) is 6.20 Å². The highest BCUT2D eigenvalue weighted by atomic mass is 19.1. The van der Waals surface area contributed by atoms with Gasteiger partial charge in [0.2, 0.25) is 0 Å². The SMILES string of the molecule is CCC1CCCC1c1cncc(F)c1. The number of rotatable bonds is 2. The Morgan fingerprint density at radius 3 is 3.00 bits per heavy atom. The molecule has 2 heteroatoms. The smallest absolute Gasteiger partial charge is 0.141 e.